The van der Waals surface area contributed by atoms with Crippen molar-refractivity contribution in [1.82, 2.24) is 9.80 Å². The van der Waals surface area contributed by atoms with Crippen LogP contribution in [0.5, 0.6) is 5.75 Å². The van der Waals surface area contributed by atoms with E-state index in [-0.39, 0.29) is 12.5 Å². The Morgan fingerprint density at radius 3 is 2.55 bits per heavy atom. The van der Waals surface area contributed by atoms with E-state index in [2.05, 4.69) is 5.32 Å². The fourth-order valence-corrected chi connectivity index (χ4v) is 4.20. The van der Waals surface area contributed by atoms with Gasteiger partial charge in [0.25, 0.3) is 5.91 Å². The first-order chi connectivity index (χ1) is 13.7. The minimum atomic E-state index is -0.783. The van der Waals surface area contributed by atoms with E-state index in [9.17, 15) is 14.4 Å². The third kappa shape index (κ3) is 4.34. The van der Waals surface area contributed by atoms with Crippen molar-refractivity contribution < 1.29 is 19.1 Å². The highest BCUT2D eigenvalue weighted by Crippen LogP contribution is 2.39. The maximum atomic E-state index is 13.0. The molecule has 1 N–H and O–H groups in total. The molecular weight excluding hydrogens is 394 g/mol. The molecule has 1 saturated heterocycles. The molecule has 1 spiro atoms. The molecular formula is C21H28ClN3O4. The molecule has 7 nitrogen and oxygen atoms in total. The second kappa shape index (κ2) is 8.61. The summed E-state index contributed by atoms with van der Waals surface area (Å²) in [4.78, 5) is 40.6. The normalized spacial score (nSPS) is 18.7. The van der Waals surface area contributed by atoms with Crippen LogP contribution in [-0.4, -0.2) is 53.4 Å². The minimum absolute atomic E-state index is 0.268. The van der Waals surface area contributed by atoms with E-state index in [1.807, 2.05) is 13.8 Å². The number of rotatable bonds is 6. The minimum Gasteiger partial charge on any atom is -0.492 e. The molecule has 1 saturated carbocycles. The number of hydrogen-bond acceptors (Lipinski definition) is 4. The van der Waals surface area contributed by atoms with Gasteiger partial charge in [-0.2, -0.15) is 0 Å². The van der Waals surface area contributed by atoms with Crippen LogP contribution in [0, 0.1) is 5.92 Å². The van der Waals surface area contributed by atoms with E-state index in [0.29, 0.717) is 41.8 Å². The van der Waals surface area contributed by atoms with E-state index in [1.54, 1.807) is 25.2 Å². The van der Waals surface area contributed by atoms with E-state index in [4.69, 9.17) is 16.3 Å². The average Bonchev–Trinajstić information content (AvgIpc) is 2.84. The molecule has 4 amide bonds. The largest absolute Gasteiger partial charge is 0.492 e. The first-order valence-electron chi connectivity index (χ1n) is 10.1. The Labute approximate surface area is 176 Å². The zero-order valence-electron chi connectivity index (χ0n) is 17.2. The lowest BCUT2D eigenvalue weighted by atomic mass is 9.81. The molecule has 0 bridgehead atoms. The van der Waals surface area contributed by atoms with Gasteiger partial charge in [-0.15, -0.1) is 0 Å². The number of hydrogen-bond donors (Lipinski definition) is 1. The topological polar surface area (TPSA) is 79.0 Å². The van der Waals surface area contributed by atoms with Crippen LogP contribution in [0.2, 0.25) is 5.02 Å². The summed E-state index contributed by atoms with van der Waals surface area (Å²) in [6.07, 6.45) is 4.19. The maximum Gasteiger partial charge on any atom is 0.327 e. The van der Waals surface area contributed by atoms with Crippen LogP contribution in [0.3, 0.4) is 0 Å². The van der Waals surface area contributed by atoms with Gasteiger partial charge in [0.1, 0.15) is 17.8 Å². The third-order valence-electron chi connectivity index (χ3n) is 5.57. The molecule has 0 unspecified atom stereocenters. The Kier molecular flexibility index (Phi) is 6.36. The number of anilines is 1. The highest BCUT2D eigenvalue weighted by Gasteiger charge is 2.55. The fraction of sp³-hybridized carbons (Fsp3) is 0.571. The maximum absolute atomic E-state index is 13.0. The van der Waals surface area contributed by atoms with Gasteiger partial charge in [-0.25, -0.2) is 4.79 Å². The molecule has 29 heavy (non-hydrogen) atoms. The zero-order chi connectivity index (χ0) is 21.2. The summed E-state index contributed by atoms with van der Waals surface area (Å²) in [5.41, 5.74) is -0.300. The Morgan fingerprint density at radius 1 is 1.24 bits per heavy atom. The van der Waals surface area contributed by atoms with E-state index in [1.165, 1.54) is 4.90 Å². The molecule has 8 heteroatoms. The number of benzene rings is 1. The molecule has 1 aromatic carbocycles. The van der Waals surface area contributed by atoms with Gasteiger partial charge >= 0.3 is 6.03 Å². The van der Waals surface area contributed by atoms with Crippen molar-refractivity contribution in [3.8, 4) is 5.75 Å². The van der Waals surface area contributed by atoms with Crippen molar-refractivity contribution in [1.29, 1.82) is 0 Å². The Hall–Kier alpha value is -2.28. The Balaban J connectivity index is 1.64. The number of imide groups is 1. The molecule has 0 atom stereocenters. The summed E-state index contributed by atoms with van der Waals surface area (Å²) in [7, 11) is 1.65. The number of likely N-dealkylation sites (N-methyl/N-ethyl adjacent to an activating group) is 1. The van der Waals surface area contributed by atoms with Gasteiger partial charge in [0.15, 0.2) is 0 Å². The predicted molar refractivity (Wildman–Crippen MR) is 111 cm³/mol. The number of nitrogens with one attached hydrogen (secondary N) is 1. The van der Waals surface area contributed by atoms with Gasteiger partial charge < -0.3 is 15.0 Å². The van der Waals surface area contributed by atoms with Crippen molar-refractivity contribution >= 4 is 35.1 Å². The summed E-state index contributed by atoms with van der Waals surface area (Å²) >= 11 is 6.23. The summed E-state index contributed by atoms with van der Waals surface area (Å²) < 4.78 is 5.62. The van der Waals surface area contributed by atoms with Crippen molar-refractivity contribution in [2.24, 2.45) is 5.92 Å². The molecule has 0 radical (unpaired) electrons. The Bertz CT molecular complexity index is 805. The molecule has 1 aliphatic carbocycles. The van der Waals surface area contributed by atoms with Crippen LogP contribution in [0.15, 0.2) is 18.2 Å². The number of halogens is 1. The van der Waals surface area contributed by atoms with E-state index < -0.39 is 17.5 Å². The number of urea groups is 1. The SMILES string of the molecule is CC(C)COc1ccc(NC(=O)CN2C(=O)N(C)C3(CCCCC3)C2=O)cc1Cl. The highest BCUT2D eigenvalue weighted by molar-refractivity contribution is 6.32. The van der Waals surface area contributed by atoms with Crippen LogP contribution in [0.25, 0.3) is 0 Å². The second-order valence-electron chi connectivity index (χ2n) is 8.22. The van der Waals surface area contributed by atoms with Crippen LogP contribution >= 0.6 is 11.6 Å². The third-order valence-corrected chi connectivity index (χ3v) is 5.87. The smallest absolute Gasteiger partial charge is 0.327 e. The monoisotopic (exact) mass is 421 g/mol. The van der Waals surface area contributed by atoms with Crippen molar-refractivity contribution in [3.63, 3.8) is 0 Å². The van der Waals surface area contributed by atoms with Gasteiger partial charge in [0.2, 0.25) is 5.91 Å². The molecule has 2 fully saturated rings. The fourth-order valence-electron chi connectivity index (χ4n) is 3.97. The molecule has 0 aromatic heterocycles. The summed E-state index contributed by atoms with van der Waals surface area (Å²) in [5.74, 6) is 0.200. The number of amides is 4. The summed E-state index contributed by atoms with van der Waals surface area (Å²) in [6, 6.07) is 4.55. The van der Waals surface area contributed by atoms with Crippen molar-refractivity contribution in [3.05, 3.63) is 23.2 Å². The highest BCUT2D eigenvalue weighted by atomic mass is 35.5. The van der Waals surface area contributed by atoms with Crippen LogP contribution < -0.4 is 10.1 Å². The number of ether oxygens (including phenoxy) is 1. The number of carbonyl (C=O) groups excluding carboxylic acids is 3. The average molecular weight is 422 g/mol. The molecule has 3 rings (SSSR count). The van der Waals surface area contributed by atoms with Crippen LogP contribution in [0.4, 0.5) is 10.5 Å². The van der Waals surface area contributed by atoms with Crippen LogP contribution in [-0.2, 0) is 9.59 Å². The van der Waals surface area contributed by atoms with Crippen molar-refractivity contribution in [2.75, 3.05) is 25.5 Å². The standard InChI is InChI=1S/C21H28ClN3O4/c1-14(2)13-29-17-8-7-15(11-16(17)22)23-18(26)12-25-19(27)21(24(3)20(25)28)9-5-4-6-10-21/h7-8,11,14H,4-6,9-10,12-13H2,1-3H3,(H,23,26). The molecule has 158 valence electrons. The van der Waals surface area contributed by atoms with Gasteiger partial charge in [0.05, 0.1) is 11.6 Å². The molecule has 1 heterocycles. The van der Waals surface area contributed by atoms with E-state index >= 15 is 0 Å². The lowest BCUT2D eigenvalue weighted by Crippen LogP contribution is -2.49. The number of carbonyl (C=O) groups is 3. The molecule has 2 aliphatic rings. The van der Waals surface area contributed by atoms with Gasteiger partial charge in [0, 0.05) is 12.7 Å². The van der Waals surface area contributed by atoms with Gasteiger partial charge in [-0.05, 0) is 37.0 Å². The summed E-state index contributed by atoms with van der Waals surface area (Å²) in [6.45, 7) is 4.31. The summed E-state index contributed by atoms with van der Waals surface area (Å²) in [5, 5.41) is 3.09. The lowest BCUT2D eigenvalue weighted by molar-refractivity contribution is -0.136. The number of nitrogens with zero attached hydrogens (tertiary/aromatic N) is 2. The zero-order valence-corrected chi connectivity index (χ0v) is 17.9. The van der Waals surface area contributed by atoms with Crippen molar-refractivity contribution in [2.45, 2.75) is 51.5 Å². The lowest BCUT2D eigenvalue weighted by Gasteiger charge is -2.35. The van der Waals surface area contributed by atoms with E-state index in [0.717, 1.165) is 24.2 Å². The molecule has 1 aromatic rings. The quantitative estimate of drug-likeness (QED) is 0.706. The van der Waals surface area contributed by atoms with Gasteiger partial charge in [-0.3, -0.25) is 14.5 Å². The van der Waals surface area contributed by atoms with Crippen LogP contribution in [0.1, 0.15) is 46.0 Å². The second-order valence-corrected chi connectivity index (χ2v) is 8.63. The Morgan fingerprint density at radius 2 is 1.93 bits per heavy atom. The predicted octanol–water partition coefficient (Wildman–Crippen LogP) is 3.91. The molecule has 1 aliphatic heterocycles. The first kappa shape index (κ1) is 21.4. The first-order valence-corrected chi connectivity index (χ1v) is 10.4. The van der Waals surface area contributed by atoms with Gasteiger partial charge in [-0.1, -0.05) is 44.7 Å².